The first-order valence-electron chi connectivity index (χ1n) is 7.31. The second-order valence-electron chi connectivity index (χ2n) is 5.41. The van der Waals surface area contributed by atoms with E-state index in [-0.39, 0.29) is 9.92 Å². The van der Waals surface area contributed by atoms with E-state index in [0.29, 0.717) is 11.6 Å². The van der Waals surface area contributed by atoms with Gasteiger partial charge in [-0.25, -0.2) is 8.42 Å². The monoisotopic (exact) mass is 368 g/mol. The van der Waals surface area contributed by atoms with E-state index < -0.39 is 20.6 Å². The maximum Gasteiger partial charge on any atom is 0.289 e. The highest BCUT2D eigenvalue weighted by molar-refractivity contribution is 7.92. The third-order valence-electron chi connectivity index (χ3n) is 3.77. The van der Waals surface area contributed by atoms with Crippen LogP contribution in [0.1, 0.15) is 31.7 Å². The lowest BCUT2D eigenvalue weighted by Crippen LogP contribution is -2.13. The molecule has 0 spiro atoms. The smallest absolute Gasteiger partial charge is 0.280 e. The van der Waals surface area contributed by atoms with E-state index in [2.05, 4.69) is 18.6 Å². The average Bonchev–Trinajstić information content (AvgIpc) is 2.54. The van der Waals surface area contributed by atoms with Crippen LogP contribution in [-0.4, -0.2) is 13.3 Å². The maximum atomic E-state index is 12.4. The largest absolute Gasteiger partial charge is 0.289 e. The molecule has 0 aromatic heterocycles. The highest BCUT2D eigenvalue weighted by Crippen LogP contribution is 2.28. The fraction of sp³-hybridized carbons (Fsp3) is 0.250. The van der Waals surface area contributed by atoms with Crippen LogP contribution in [-0.2, 0) is 10.0 Å². The minimum absolute atomic E-state index is 0.114. The van der Waals surface area contributed by atoms with Crippen molar-refractivity contribution in [1.29, 1.82) is 0 Å². The molecule has 6 nitrogen and oxygen atoms in total. The van der Waals surface area contributed by atoms with Crippen LogP contribution in [0, 0.1) is 10.1 Å². The molecule has 0 unspecified atom stereocenters. The number of nitro groups is 1. The van der Waals surface area contributed by atoms with Gasteiger partial charge in [0.15, 0.2) is 0 Å². The Labute approximate surface area is 145 Å². The number of hydrogen-bond acceptors (Lipinski definition) is 4. The Bertz CT molecular complexity index is 851. The first-order valence-corrected chi connectivity index (χ1v) is 9.17. The third-order valence-corrected chi connectivity index (χ3v) is 5.47. The average molecular weight is 369 g/mol. The van der Waals surface area contributed by atoms with Gasteiger partial charge in [0, 0.05) is 11.8 Å². The number of nitrogens with zero attached hydrogens (tertiary/aromatic N) is 1. The molecule has 0 fully saturated rings. The second kappa shape index (κ2) is 7.19. The number of benzene rings is 2. The molecule has 8 heteroatoms. The predicted molar refractivity (Wildman–Crippen MR) is 94.1 cm³/mol. The number of nitrogens with one attached hydrogen (secondary N) is 1. The predicted octanol–water partition coefficient (Wildman–Crippen LogP) is 4.56. The SMILES string of the molecule is CC[C@@H](C)c1ccc(NS(=O)(=O)c2ccc(Cl)c([N+](=O)[O-])c2)cc1. The zero-order valence-corrected chi connectivity index (χ0v) is 14.8. The van der Waals surface area contributed by atoms with Gasteiger partial charge in [0.05, 0.1) is 9.82 Å². The molecule has 128 valence electrons. The van der Waals surface area contributed by atoms with Crippen molar-refractivity contribution in [3.8, 4) is 0 Å². The van der Waals surface area contributed by atoms with Crippen molar-refractivity contribution < 1.29 is 13.3 Å². The minimum atomic E-state index is -3.94. The minimum Gasteiger partial charge on any atom is -0.280 e. The molecule has 0 aliphatic carbocycles. The molecule has 2 aromatic rings. The molecule has 0 saturated carbocycles. The molecule has 24 heavy (non-hydrogen) atoms. The normalized spacial score (nSPS) is 12.6. The summed E-state index contributed by atoms with van der Waals surface area (Å²) in [5.74, 6) is 0.384. The molecule has 0 heterocycles. The highest BCUT2D eigenvalue weighted by Gasteiger charge is 2.20. The van der Waals surface area contributed by atoms with Gasteiger partial charge in [-0.3, -0.25) is 14.8 Å². The molecule has 0 saturated heterocycles. The van der Waals surface area contributed by atoms with Crippen LogP contribution in [0.3, 0.4) is 0 Å². The molecule has 2 rings (SSSR count). The van der Waals surface area contributed by atoms with Gasteiger partial charge in [-0.15, -0.1) is 0 Å². The van der Waals surface area contributed by atoms with E-state index in [4.69, 9.17) is 11.6 Å². The lowest BCUT2D eigenvalue weighted by Gasteiger charge is -2.11. The van der Waals surface area contributed by atoms with Crippen molar-refractivity contribution >= 4 is 33.0 Å². The summed E-state index contributed by atoms with van der Waals surface area (Å²) in [7, 11) is -3.94. The molecule has 1 N–H and O–H groups in total. The number of halogens is 1. The summed E-state index contributed by atoms with van der Waals surface area (Å²) < 4.78 is 27.2. The number of nitro benzene ring substituents is 1. The van der Waals surface area contributed by atoms with Crippen molar-refractivity contribution in [2.24, 2.45) is 0 Å². The van der Waals surface area contributed by atoms with E-state index in [0.717, 1.165) is 18.1 Å². The fourth-order valence-electron chi connectivity index (χ4n) is 2.13. The van der Waals surface area contributed by atoms with Gasteiger partial charge >= 0.3 is 0 Å². The van der Waals surface area contributed by atoms with Crippen LogP contribution in [0.25, 0.3) is 0 Å². The zero-order chi connectivity index (χ0) is 17.9. The molecular formula is C16H17ClN2O4S. The van der Waals surface area contributed by atoms with Crippen LogP contribution >= 0.6 is 11.6 Å². The summed E-state index contributed by atoms with van der Waals surface area (Å²) in [6.45, 7) is 4.17. The number of rotatable bonds is 6. The first kappa shape index (κ1) is 18.2. The number of anilines is 1. The van der Waals surface area contributed by atoms with Gasteiger partial charge in [-0.1, -0.05) is 37.6 Å². The van der Waals surface area contributed by atoms with Crippen LogP contribution in [0.5, 0.6) is 0 Å². The van der Waals surface area contributed by atoms with Crippen LogP contribution in [0.2, 0.25) is 5.02 Å². The van der Waals surface area contributed by atoms with Gasteiger partial charge in [0.1, 0.15) is 5.02 Å². The van der Waals surface area contributed by atoms with Gasteiger partial charge in [0.2, 0.25) is 0 Å². The van der Waals surface area contributed by atoms with Gasteiger partial charge in [-0.2, -0.15) is 0 Å². The van der Waals surface area contributed by atoms with Crippen molar-refractivity contribution in [1.82, 2.24) is 0 Å². The Kier molecular flexibility index (Phi) is 5.46. The van der Waals surface area contributed by atoms with E-state index in [9.17, 15) is 18.5 Å². The molecule has 2 aromatic carbocycles. The molecule has 0 radical (unpaired) electrons. The molecule has 0 amide bonds. The van der Waals surface area contributed by atoms with Gasteiger partial charge in [0.25, 0.3) is 15.7 Å². The van der Waals surface area contributed by atoms with Crippen molar-refractivity contribution in [3.63, 3.8) is 0 Å². The quantitative estimate of drug-likeness (QED) is 0.597. The summed E-state index contributed by atoms with van der Waals surface area (Å²) in [6, 6.07) is 10.4. The summed E-state index contributed by atoms with van der Waals surface area (Å²) >= 11 is 5.71. The summed E-state index contributed by atoms with van der Waals surface area (Å²) in [5.41, 5.74) is 1.05. The van der Waals surface area contributed by atoms with Crippen molar-refractivity contribution in [2.75, 3.05) is 4.72 Å². The lowest BCUT2D eigenvalue weighted by molar-refractivity contribution is -0.384. The Hall–Kier alpha value is -2.12. The molecule has 1 atom stereocenters. The van der Waals surface area contributed by atoms with E-state index >= 15 is 0 Å². The number of hydrogen-bond donors (Lipinski definition) is 1. The molecule has 0 aliphatic rings. The maximum absolute atomic E-state index is 12.4. The number of sulfonamides is 1. The highest BCUT2D eigenvalue weighted by atomic mass is 35.5. The summed E-state index contributed by atoms with van der Waals surface area (Å²) in [5, 5.41) is 10.8. The van der Waals surface area contributed by atoms with Crippen molar-refractivity contribution in [3.05, 3.63) is 63.2 Å². The standard InChI is InChI=1S/C16H17ClN2O4S/c1-3-11(2)12-4-6-13(7-5-12)18-24(22,23)14-8-9-15(17)16(10-14)19(20)21/h4-11,18H,3H2,1-2H3/t11-/m1/s1. The van der Waals surface area contributed by atoms with Gasteiger partial charge < -0.3 is 0 Å². The molecule has 0 bridgehead atoms. The van der Waals surface area contributed by atoms with E-state index in [1.165, 1.54) is 12.1 Å². The van der Waals surface area contributed by atoms with Crippen LogP contribution in [0.4, 0.5) is 11.4 Å². The van der Waals surface area contributed by atoms with Crippen molar-refractivity contribution in [2.45, 2.75) is 31.1 Å². The lowest BCUT2D eigenvalue weighted by atomic mass is 9.99. The molecule has 0 aliphatic heterocycles. The molecular weight excluding hydrogens is 352 g/mol. The topological polar surface area (TPSA) is 89.3 Å². The first-order chi connectivity index (χ1) is 11.2. The Balaban J connectivity index is 2.28. The summed E-state index contributed by atoms with van der Waals surface area (Å²) in [4.78, 5) is 9.96. The summed E-state index contributed by atoms with van der Waals surface area (Å²) in [6.07, 6.45) is 0.986. The Morgan fingerprint density at radius 2 is 1.83 bits per heavy atom. The Morgan fingerprint density at radius 3 is 2.38 bits per heavy atom. The fourth-order valence-corrected chi connectivity index (χ4v) is 3.39. The third kappa shape index (κ3) is 4.04. The van der Waals surface area contributed by atoms with E-state index in [1.54, 1.807) is 12.1 Å². The second-order valence-corrected chi connectivity index (χ2v) is 7.50. The van der Waals surface area contributed by atoms with Crippen LogP contribution < -0.4 is 4.72 Å². The van der Waals surface area contributed by atoms with Gasteiger partial charge in [-0.05, 0) is 42.2 Å². The van der Waals surface area contributed by atoms with Crippen LogP contribution in [0.15, 0.2) is 47.4 Å². The zero-order valence-electron chi connectivity index (χ0n) is 13.2. The Morgan fingerprint density at radius 1 is 1.21 bits per heavy atom. The van der Waals surface area contributed by atoms with E-state index in [1.807, 2.05) is 12.1 Å².